The van der Waals surface area contributed by atoms with E-state index in [4.69, 9.17) is 21.1 Å². The number of hydrogen-bond donors (Lipinski definition) is 0. The number of rotatable bonds is 3. The van der Waals surface area contributed by atoms with Gasteiger partial charge in [0, 0.05) is 6.07 Å². The van der Waals surface area contributed by atoms with Crippen molar-refractivity contribution in [2.45, 2.75) is 70.2 Å². The predicted octanol–water partition coefficient (Wildman–Crippen LogP) is 5.73. The molecule has 0 aromatic heterocycles. The second kappa shape index (κ2) is 6.33. The summed E-state index contributed by atoms with van der Waals surface area (Å²) in [5, 5.41) is 0.168. The van der Waals surface area contributed by atoms with E-state index in [1.54, 1.807) is 20.8 Å². The molecule has 4 aliphatic rings. The molecule has 5 rings (SSSR count). The minimum absolute atomic E-state index is 0.144. The number of halogens is 3. The van der Waals surface area contributed by atoms with Crippen molar-refractivity contribution in [3.63, 3.8) is 0 Å². The number of esters is 1. The Hall–Kier alpha value is -1.36. The van der Waals surface area contributed by atoms with Crippen molar-refractivity contribution in [3.8, 4) is 5.75 Å². The van der Waals surface area contributed by atoms with Gasteiger partial charge in [0.25, 0.3) is 0 Å². The van der Waals surface area contributed by atoms with Gasteiger partial charge in [0.15, 0.2) is 0 Å². The summed E-state index contributed by atoms with van der Waals surface area (Å²) in [6, 6.07) is 2.41. The lowest BCUT2D eigenvalue weighted by Crippen LogP contribution is -2.56. The van der Waals surface area contributed by atoms with Gasteiger partial charge in [-0.3, -0.25) is 0 Å². The topological polar surface area (TPSA) is 35.5 Å². The quantitative estimate of drug-likeness (QED) is 0.610. The van der Waals surface area contributed by atoms with Crippen molar-refractivity contribution in [2.24, 2.45) is 17.8 Å². The van der Waals surface area contributed by atoms with Crippen LogP contribution in [-0.4, -0.2) is 23.3 Å². The highest BCUT2D eigenvalue weighted by atomic mass is 35.5. The molecule has 3 nitrogen and oxygen atoms in total. The van der Waals surface area contributed by atoms with Crippen LogP contribution in [0.25, 0.3) is 0 Å². The summed E-state index contributed by atoms with van der Waals surface area (Å²) in [6.07, 6.45) is 3.48. The van der Waals surface area contributed by atoms with Crippen LogP contribution < -0.4 is 4.74 Å². The Morgan fingerprint density at radius 1 is 1.19 bits per heavy atom. The normalized spacial score (nSPS) is 34.6. The fourth-order valence-electron chi connectivity index (χ4n) is 5.33. The molecule has 0 heterocycles. The fraction of sp³-hybridized carbons (Fsp3) is 0.667. The third-order valence-corrected chi connectivity index (χ3v) is 6.31. The van der Waals surface area contributed by atoms with Gasteiger partial charge >= 0.3 is 5.97 Å². The van der Waals surface area contributed by atoms with Crippen molar-refractivity contribution in [2.75, 3.05) is 0 Å². The van der Waals surface area contributed by atoms with E-state index in [0.717, 1.165) is 18.9 Å². The van der Waals surface area contributed by atoms with Gasteiger partial charge in [0.2, 0.25) is 0 Å². The zero-order chi connectivity index (χ0) is 19.6. The highest BCUT2D eigenvalue weighted by molar-refractivity contribution is 6.32. The molecule has 0 N–H and O–H groups in total. The van der Waals surface area contributed by atoms with E-state index in [9.17, 15) is 13.6 Å². The molecule has 4 saturated carbocycles. The largest absolute Gasteiger partial charge is 0.488 e. The summed E-state index contributed by atoms with van der Waals surface area (Å²) in [5.41, 5.74) is -1.99. The molecule has 4 aliphatic carbocycles. The maximum atomic E-state index is 14.8. The Kier molecular flexibility index (Phi) is 4.45. The molecule has 4 fully saturated rings. The molecule has 0 unspecified atom stereocenters. The van der Waals surface area contributed by atoms with E-state index in [2.05, 4.69) is 0 Å². The molecular formula is C21H25ClF2O3. The van der Waals surface area contributed by atoms with Crippen LogP contribution in [-0.2, 0) is 4.74 Å². The highest BCUT2D eigenvalue weighted by Crippen LogP contribution is 2.58. The van der Waals surface area contributed by atoms with E-state index < -0.39 is 23.1 Å². The average molecular weight is 399 g/mol. The number of carbonyl (C=O) groups is 1. The van der Waals surface area contributed by atoms with Crippen molar-refractivity contribution < 1.29 is 23.0 Å². The molecule has 6 heteroatoms. The van der Waals surface area contributed by atoms with Gasteiger partial charge in [-0.1, -0.05) is 11.6 Å². The standard InChI is InChI=1S/C21H25ClF2O3/c1-20(2,3)27-19(25)14-6-15(22)17(7-16(14)23)26-18-12-4-11-5-13(18)10-21(24,8-11)9-12/h6-7,11-13,18H,4-5,8-10H2,1-3H3/t11?,12-,13-,18?,21?/m0/s1. The fourth-order valence-corrected chi connectivity index (χ4v) is 5.53. The van der Waals surface area contributed by atoms with Crippen LogP contribution in [0.4, 0.5) is 8.78 Å². The van der Waals surface area contributed by atoms with Gasteiger partial charge in [-0.25, -0.2) is 13.6 Å². The highest BCUT2D eigenvalue weighted by Gasteiger charge is 2.57. The van der Waals surface area contributed by atoms with Gasteiger partial charge in [-0.05, 0) is 76.7 Å². The number of benzene rings is 1. The summed E-state index contributed by atoms with van der Waals surface area (Å²) in [7, 11) is 0. The molecule has 27 heavy (non-hydrogen) atoms. The molecule has 1 aromatic carbocycles. The van der Waals surface area contributed by atoms with E-state index in [1.165, 1.54) is 6.07 Å². The Balaban J connectivity index is 1.54. The summed E-state index contributed by atoms with van der Waals surface area (Å²) < 4.78 is 40.7. The first-order valence-corrected chi connectivity index (χ1v) is 9.99. The monoisotopic (exact) mass is 398 g/mol. The van der Waals surface area contributed by atoms with Crippen molar-refractivity contribution in [3.05, 3.63) is 28.5 Å². The average Bonchev–Trinajstić information content (AvgIpc) is 2.50. The Bertz CT molecular complexity index is 757. The number of hydrogen-bond acceptors (Lipinski definition) is 3. The Morgan fingerprint density at radius 3 is 2.37 bits per heavy atom. The zero-order valence-electron chi connectivity index (χ0n) is 15.9. The lowest BCUT2D eigenvalue weighted by atomic mass is 9.53. The molecule has 148 valence electrons. The zero-order valence-corrected chi connectivity index (χ0v) is 16.6. The molecule has 0 spiro atoms. The molecule has 2 atom stereocenters. The third-order valence-electron chi connectivity index (χ3n) is 6.02. The molecule has 0 radical (unpaired) electrons. The maximum absolute atomic E-state index is 14.8. The van der Waals surface area contributed by atoms with Crippen LogP contribution in [0.2, 0.25) is 5.02 Å². The van der Waals surface area contributed by atoms with Crippen molar-refractivity contribution >= 4 is 17.6 Å². The van der Waals surface area contributed by atoms with Crippen molar-refractivity contribution in [1.82, 2.24) is 0 Å². The molecule has 1 aromatic rings. The smallest absolute Gasteiger partial charge is 0.341 e. The third kappa shape index (κ3) is 3.67. The second-order valence-electron chi connectivity index (χ2n) is 9.47. The van der Waals surface area contributed by atoms with E-state index in [1.807, 2.05) is 0 Å². The summed E-state index contributed by atoms with van der Waals surface area (Å²) >= 11 is 6.28. The van der Waals surface area contributed by atoms with Crippen LogP contribution in [0.3, 0.4) is 0 Å². The first kappa shape index (κ1) is 19.0. The SMILES string of the molecule is CC(C)(C)OC(=O)c1cc(Cl)c(OC2[C@H]3CC4C[C@H]2CC(F)(C4)C3)cc1F. The number of alkyl halides is 1. The lowest BCUT2D eigenvalue weighted by molar-refractivity contribution is -0.134. The minimum atomic E-state index is -1.05. The van der Waals surface area contributed by atoms with E-state index in [-0.39, 0.29) is 34.3 Å². The molecular weight excluding hydrogens is 374 g/mol. The van der Waals surface area contributed by atoms with Crippen LogP contribution >= 0.6 is 11.6 Å². The lowest BCUT2D eigenvalue weighted by Gasteiger charge is -2.56. The number of carbonyl (C=O) groups excluding carboxylic acids is 1. The molecule has 0 aliphatic heterocycles. The van der Waals surface area contributed by atoms with E-state index in [0.29, 0.717) is 25.2 Å². The minimum Gasteiger partial charge on any atom is -0.488 e. The van der Waals surface area contributed by atoms with Gasteiger partial charge in [0.1, 0.15) is 28.9 Å². The summed E-state index contributed by atoms with van der Waals surface area (Å²) in [5.74, 6) is -0.547. The summed E-state index contributed by atoms with van der Waals surface area (Å²) in [6.45, 7) is 5.14. The van der Waals surface area contributed by atoms with Crippen LogP contribution in [0.15, 0.2) is 12.1 Å². The van der Waals surface area contributed by atoms with Crippen LogP contribution in [0, 0.1) is 23.6 Å². The van der Waals surface area contributed by atoms with Gasteiger partial charge in [-0.2, -0.15) is 0 Å². The molecule has 4 bridgehead atoms. The van der Waals surface area contributed by atoms with Crippen LogP contribution in [0.1, 0.15) is 63.2 Å². The van der Waals surface area contributed by atoms with E-state index >= 15 is 0 Å². The second-order valence-corrected chi connectivity index (χ2v) is 9.87. The maximum Gasteiger partial charge on any atom is 0.341 e. The van der Waals surface area contributed by atoms with Crippen molar-refractivity contribution in [1.29, 1.82) is 0 Å². The Labute approximate surface area is 163 Å². The first-order chi connectivity index (χ1) is 12.5. The molecule has 0 amide bonds. The number of ether oxygens (including phenoxy) is 2. The first-order valence-electron chi connectivity index (χ1n) is 9.61. The molecule has 0 saturated heterocycles. The van der Waals surface area contributed by atoms with Gasteiger partial charge in [-0.15, -0.1) is 0 Å². The van der Waals surface area contributed by atoms with Gasteiger partial charge < -0.3 is 9.47 Å². The van der Waals surface area contributed by atoms with Gasteiger partial charge in [0.05, 0.1) is 10.6 Å². The predicted molar refractivity (Wildman–Crippen MR) is 98.4 cm³/mol. The van der Waals surface area contributed by atoms with Crippen LogP contribution in [0.5, 0.6) is 5.75 Å². The Morgan fingerprint density at radius 2 is 1.81 bits per heavy atom. The summed E-state index contributed by atoms with van der Waals surface area (Å²) in [4.78, 5) is 12.2.